The summed E-state index contributed by atoms with van der Waals surface area (Å²) >= 11 is 0. The van der Waals surface area contributed by atoms with Crippen LogP contribution < -0.4 is 5.30 Å². The Bertz CT molecular complexity index is 360. The van der Waals surface area contributed by atoms with Gasteiger partial charge in [0.05, 0.1) is 0 Å². The third-order valence-electron chi connectivity index (χ3n) is 2.60. The first-order valence-electron chi connectivity index (χ1n) is 5.52. The maximum absolute atomic E-state index is 11.9. The van der Waals surface area contributed by atoms with Crippen LogP contribution in [0.5, 0.6) is 0 Å². The van der Waals surface area contributed by atoms with Gasteiger partial charge in [0.15, 0.2) is 0 Å². The average molecular weight is 226 g/mol. The van der Waals surface area contributed by atoms with Gasteiger partial charge < -0.3 is 4.89 Å². The van der Waals surface area contributed by atoms with Crippen molar-refractivity contribution in [3.63, 3.8) is 0 Å². The zero-order chi connectivity index (χ0) is 11.3. The van der Waals surface area contributed by atoms with Gasteiger partial charge in [-0.05, 0) is 24.5 Å². The number of hydrogen-bond donors (Lipinski definition) is 1. The Morgan fingerprint density at radius 3 is 2.53 bits per heavy atom. The molecule has 15 heavy (non-hydrogen) atoms. The van der Waals surface area contributed by atoms with Crippen LogP contribution >= 0.6 is 7.37 Å². The highest BCUT2D eigenvalue weighted by Gasteiger charge is 2.21. The van der Waals surface area contributed by atoms with Crippen molar-refractivity contribution in [2.45, 2.75) is 33.1 Å². The Kier molecular flexibility index (Phi) is 4.56. The minimum atomic E-state index is -3.10. The summed E-state index contributed by atoms with van der Waals surface area (Å²) in [6.07, 6.45) is 3.39. The summed E-state index contributed by atoms with van der Waals surface area (Å²) in [5.41, 5.74) is 1.03. The van der Waals surface area contributed by atoms with Crippen LogP contribution in [0, 0.1) is 0 Å². The smallest absolute Gasteiger partial charge is 0.229 e. The van der Waals surface area contributed by atoms with Crippen molar-refractivity contribution in [3.05, 3.63) is 29.8 Å². The van der Waals surface area contributed by atoms with E-state index in [1.54, 1.807) is 13.0 Å². The molecule has 0 saturated heterocycles. The summed E-state index contributed by atoms with van der Waals surface area (Å²) in [5, 5.41) is 0.654. The number of hydrogen-bond acceptors (Lipinski definition) is 1. The van der Waals surface area contributed by atoms with Crippen LogP contribution in [-0.2, 0) is 11.0 Å². The van der Waals surface area contributed by atoms with Crippen LogP contribution in [-0.4, -0.2) is 11.1 Å². The molecule has 3 heteroatoms. The molecule has 0 aromatic heterocycles. The fourth-order valence-corrected chi connectivity index (χ4v) is 2.90. The largest absolute Gasteiger partial charge is 0.341 e. The quantitative estimate of drug-likeness (QED) is 0.784. The van der Waals surface area contributed by atoms with Crippen molar-refractivity contribution >= 4 is 12.7 Å². The number of rotatable bonds is 5. The fourth-order valence-electron chi connectivity index (χ4n) is 1.60. The second kappa shape index (κ2) is 5.48. The van der Waals surface area contributed by atoms with Crippen LogP contribution in [0.2, 0.25) is 0 Å². The summed E-state index contributed by atoms with van der Waals surface area (Å²) in [7, 11) is -3.10. The van der Waals surface area contributed by atoms with Crippen molar-refractivity contribution in [3.8, 4) is 0 Å². The fraction of sp³-hybridized carbons (Fsp3) is 0.500. The zero-order valence-corrected chi connectivity index (χ0v) is 10.3. The Morgan fingerprint density at radius 1 is 1.27 bits per heavy atom. The lowest BCUT2D eigenvalue weighted by molar-refractivity contribution is 0.491. The molecule has 84 valence electrons. The van der Waals surface area contributed by atoms with Gasteiger partial charge in [-0.3, -0.25) is 4.57 Å². The SMILES string of the molecule is CCCCc1ccccc1P(=O)(O)CC. The predicted octanol–water partition coefficient (Wildman–Crippen LogP) is 2.94. The van der Waals surface area contributed by atoms with E-state index < -0.39 is 7.37 Å². The molecule has 0 fully saturated rings. The van der Waals surface area contributed by atoms with E-state index in [0.29, 0.717) is 11.5 Å². The second-order valence-corrected chi connectivity index (χ2v) is 6.27. The lowest BCUT2D eigenvalue weighted by atomic mass is 10.1. The lowest BCUT2D eigenvalue weighted by Gasteiger charge is -2.13. The molecule has 2 nitrogen and oxygen atoms in total. The summed E-state index contributed by atoms with van der Waals surface area (Å²) < 4.78 is 11.9. The van der Waals surface area contributed by atoms with Gasteiger partial charge in [0, 0.05) is 11.5 Å². The number of benzene rings is 1. The Labute approximate surface area is 91.8 Å². The molecule has 0 saturated carbocycles. The number of aryl methyl sites for hydroxylation is 1. The van der Waals surface area contributed by atoms with Crippen molar-refractivity contribution < 1.29 is 9.46 Å². The molecular formula is C12H19O2P. The molecule has 1 N–H and O–H groups in total. The van der Waals surface area contributed by atoms with Crippen molar-refractivity contribution in [1.29, 1.82) is 0 Å². The van der Waals surface area contributed by atoms with Crippen molar-refractivity contribution in [1.82, 2.24) is 0 Å². The highest BCUT2D eigenvalue weighted by molar-refractivity contribution is 7.66. The third kappa shape index (κ3) is 3.19. The van der Waals surface area contributed by atoms with Gasteiger partial charge in [-0.25, -0.2) is 0 Å². The van der Waals surface area contributed by atoms with E-state index in [-0.39, 0.29) is 0 Å². The lowest BCUT2D eigenvalue weighted by Crippen LogP contribution is -2.12. The average Bonchev–Trinajstić information content (AvgIpc) is 2.26. The Hall–Kier alpha value is -0.590. The highest BCUT2D eigenvalue weighted by Crippen LogP contribution is 2.39. The van der Waals surface area contributed by atoms with Crippen LogP contribution in [0.4, 0.5) is 0 Å². The molecule has 1 aromatic rings. The van der Waals surface area contributed by atoms with Gasteiger partial charge in [0.25, 0.3) is 0 Å². The van der Waals surface area contributed by atoms with Gasteiger partial charge in [-0.15, -0.1) is 0 Å². The van der Waals surface area contributed by atoms with Crippen molar-refractivity contribution in [2.24, 2.45) is 0 Å². The van der Waals surface area contributed by atoms with Gasteiger partial charge in [0.2, 0.25) is 7.37 Å². The molecule has 0 amide bonds. The van der Waals surface area contributed by atoms with E-state index in [1.165, 1.54) is 0 Å². The maximum Gasteiger partial charge on any atom is 0.229 e. The van der Waals surface area contributed by atoms with Crippen molar-refractivity contribution in [2.75, 3.05) is 6.16 Å². The topological polar surface area (TPSA) is 37.3 Å². The Balaban J connectivity index is 3.01. The molecule has 0 radical (unpaired) electrons. The summed E-state index contributed by atoms with van der Waals surface area (Å²) in [4.78, 5) is 9.83. The molecule has 0 aliphatic rings. The van der Waals surface area contributed by atoms with Crippen LogP contribution in [0.3, 0.4) is 0 Å². The van der Waals surface area contributed by atoms with E-state index in [1.807, 2.05) is 18.2 Å². The molecule has 1 atom stereocenters. The predicted molar refractivity (Wildman–Crippen MR) is 65.1 cm³/mol. The third-order valence-corrected chi connectivity index (χ3v) is 4.64. The summed E-state index contributed by atoms with van der Waals surface area (Å²) in [6, 6.07) is 7.52. The van der Waals surface area contributed by atoms with E-state index in [2.05, 4.69) is 6.92 Å². The summed E-state index contributed by atoms with van der Waals surface area (Å²) in [6.45, 7) is 3.89. The number of unbranched alkanes of at least 4 members (excludes halogenated alkanes) is 1. The molecular weight excluding hydrogens is 207 g/mol. The first-order chi connectivity index (χ1) is 7.11. The van der Waals surface area contributed by atoms with E-state index in [0.717, 1.165) is 24.8 Å². The minimum Gasteiger partial charge on any atom is -0.341 e. The molecule has 0 aliphatic carbocycles. The van der Waals surface area contributed by atoms with Crippen LogP contribution in [0.1, 0.15) is 32.3 Å². The molecule has 0 heterocycles. The second-order valence-electron chi connectivity index (χ2n) is 3.75. The monoisotopic (exact) mass is 226 g/mol. The van der Waals surface area contributed by atoms with E-state index >= 15 is 0 Å². The first kappa shape index (κ1) is 12.5. The van der Waals surface area contributed by atoms with E-state index in [4.69, 9.17) is 0 Å². The summed E-state index contributed by atoms with van der Waals surface area (Å²) in [5.74, 6) is 0. The van der Waals surface area contributed by atoms with Crippen LogP contribution in [0.25, 0.3) is 0 Å². The molecule has 1 rings (SSSR count). The standard InChI is InChI=1S/C12H19O2P/c1-3-5-8-11-9-6-7-10-12(11)15(13,14)4-2/h6-7,9-10H,3-5,8H2,1-2H3,(H,13,14). The van der Waals surface area contributed by atoms with Gasteiger partial charge in [0.1, 0.15) is 0 Å². The molecule has 1 aromatic carbocycles. The first-order valence-corrected chi connectivity index (χ1v) is 7.36. The van der Waals surface area contributed by atoms with E-state index in [9.17, 15) is 9.46 Å². The van der Waals surface area contributed by atoms with Gasteiger partial charge >= 0.3 is 0 Å². The zero-order valence-electron chi connectivity index (χ0n) is 9.44. The minimum absolute atomic E-state index is 0.316. The van der Waals surface area contributed by atoms with Gasteiger partial charge in [-0.1, -0.05) is 38.5 Å². The van der Waals surface area contributed by atoms with Gasteiger partial charge in [-0.2, -0.15) is 0 Å². The highest BCUT2D eigenvalue weighted by atomic mass is 31.2. The molecule has 1 unspecified atom stereocenters. The Morgan fingerprint density at radius 2 is 1.93 bits per heavy atom. The molecule has 0 aliphatic heterocycles. The molecule has 0 spiro atoms. The molecule has 0 bridgehead atoms. The normalized spacial score (nSPS) is 14.9. The maximum atomic E-state index is 11.9. The van der Waals surface area contributed by atoms with Crippen LogP contribution in [0.15, 0.2) is 24.3 Å².